The van der Waals surface area contributed by atoms with E-state index in [2.05, 4.69) is 17.4 Å². The number of methoxy groups -OCH3 is 1. The maximum absolute atomic E-state index is 12.7. The molecule has 152 valence electrons. The summed E-state index contributed by atoms with van der Waals surface area (Å²) in [7, 11) is -2.38. The fourth-order valence-corrected chi connectivity index (χ4v) is 4.14. The Morgan fingerprint density at radius 3 is 2.67 bits per heavy atom. The van der Waals surface area contributed by atoms with Crippen molar-refractivity contribution in [2.45, 2.75) is 30.2 Å². The van der Waals surface area contributed by atoms with Gasteiger partial charge in [0.2, 0.25) is 0 Å². The Kier molecular flexibility index (Phi) is 7.34. The third-order valence-electron chi connectivity index (χ3n) is 4.50. The number of hydrogen-bond donors (Lipinski definition) is 4. The van der Waals surface area contributed by atoms with Crippen LogP contribution in [-0.2, 0) is 21.6 Å². The van der Waals surface area contributed by atoms with Gasteiger partial charge in [0.05, 0.1) is 12.6 Å². The third kappa shape index (κ3) is 5.98. The summed E-state index contributed by atoms with van der Waals surface area (Å²) in [6.07, 6.45) is -0.0341. The number of rotatable bonds is 8. The van der Waals surface area contributed by atoms with Crippen LogP contribution in [0.5, 0.6) is 5.75 Å². The van der Waals surface area contributed by atoms with Gasteiger partial charge in [-0.3, -0.25) is 4.90 Å². The summed E-state index contributed by atoms with van der Waals surface area (Å²) in [5.74, 6) is 0.693. The molecule has 1 aromatic rings. The zero-order valence-corrected chi connectivity index (χ0v) is 16.7. The van der Waals surface area contributed by atoms with Crippen LogP contribution in [0.25, 0.3) is 0 Å². The van der Waals surface area contributed by atoms with E-state index in [1.54, 1.807) is 31.4 Å². The van der Waals surface area contributed by atoms with Gasteiger partial charge < -0.3 is 14.6 Å². The van der Waals surface area contributed by atoms with Gasteiger partial charge in [-0.1, -0.05) is 12.1 Å². The number of nitrogens with two attached hydrogens (primary N) is 1. The molecule has 0 radical (unpaired) electrons. The Balaban J connectivity index is 2.09. The fraction of sp³-hybridized carbons (Fsp3) is 0.562. The van der Waals surface area contributed by atoms with Crippen LogP contribution in [0.4, 0.5) is 4.79 Å². The highest BCUT2D eigenvalue weighted by Gasteiger charge is 2.47. The number of amides is 1. The number of carbonyl (C=O) groups excluding carboxylic acids is 1. The molecule has 1 heterocycles. The molecule has 0 aliphatic carbocycles. The van der Waals surface area contributed by atoms with Crippen LogP contribution in [0.2, 0.25) is 0 Å². The molecule has 1 aliphatic rings. The predicted molar refractivity (Wildman–Crippen MR) is 103 cm³/mol. The topological polar surface area (TPSA) is 131 Å². The highest BCUT2D eigenvalue weighted by atomic mass is 32.2. The summed E-state index contributed by atoms with van der Waals surface area (Å²) in [4.78, 5) is 14.1. The number of thiol groups is 1. The van der Waals surface area contributed by atoms with E-state index in [1.165, 1.54) is 4.90 Å². The van der Waals surface area contributed by atoms with E-state index in [0.29, 0.717) is 12.2 Å². The molecule has 1 aromatic carbocycles. The Hall–Kier alpha value is -1.53. The van der Waals surface area contributed by atoms with Crippen molar-refractivity contribution in [3.63, 3.8) is 0 Å². The lowest BCUT2D eigenvalue weighted by molar-refractivity contribution is 0.0556. The summed E-state index contributed by atoms with van der Waals surface area (Å²) in [5.41, 5.74) is -0.175. The van der Waals surface area contributed by atoms with Crippen molar-refractivity contribution >= 4 is 28.9 Å². The van der Waals surface area contributed by atoms with Gasteiger partial charge in [0, 0.05) is 24.9 Å². The standard InChI is InChI=1S/C16H25N3O6S2/c1-24-13-4-2-12(3-5-13)10-25-15(21)19-9-14(26)8-16(19,6-7-20)11-18-27(17,22)23/h2-5,14,18,20,26H,6-11H2,1H3,(H2,17,22,23)/t14-,16-/m0/s1. The molecule has 2 atom stereocenters. The lowest BCUT2D eigenvalue weighted by Gasteiger charge is -2.37. The number of nitrogens with one attached hydrogen (secondary N) is 1. The van der Waals surface area contributed by atoms with Gasteiger partial charge in [0.15, 0.2) is 0 Å². The molecule has 0 spiro atoms. The quantitative estimate of drug-likeness (QED) is 0.447. The van der Waals surface area contributed by atoms with Gasteiger partial charge in [-0.15, -0.1) is 0 Å². The molecular weight excluding hydrogens is 394 g/mol. The Morgan fingerprint density at radius 1 is 1.44 bits per heavy atom. The fourth-order valence-electron chi connectivity index (χ4n) is 3.17. The number of hydrogen-bond acceptors (Lipinski definition) is 7. The second-order valence-corrected chi connectivity index (χ2v) is 8.54. The minimum atomic E-state index is -3.94. The number of likely N-dealkylation sites (tertiary alicyclic amines) is 1. The molecule has 27 heavy (non-hydrogen) atoms. The van der Waals surface area contributed by atoms with Crippen molar-refractivity contribution < 1.29 is 27.8 Å². The van der Waals surface area contributed by atoms with Crippen molar-refractivity contribution in [2.75, 3.05) is 26.8 Å². The smallest absolute Gasteiger partial charge is 0.410 e. The minimum Gasteiger partial charge on any atom is -0.497 e. The number of aliphatic hydroxyl groups excluding tert-OH is 1. The molecule has 0 aromatic heterocycles. The van der Waals surface area contributed by atoms with E-state index in [9.17, 15) is 18.3 Å². The van der Waals surface area contributed by atoms with Gasteiger partial charge in [0.25, 0.3) is 10.2 Å². The van der Waals surface area contributed by atoms with Gasteiger partial charge in [-0.05, 0) is 30.5 Å². The monoisotopic (exact) mass is 419 g/mol. The van der Waals surface area contributed by atoms with Crippen LogP contribution in [0.1, 0.15) is 18.4 Å². The molecule has 4 N–H and O–H groups in total. The van der Waals surface area contributed by atoms with Crippen LogP contribution < -0.4 is 14.6 Å². The Labute approximate surface area is 164 Å². The van der Waals surface area contributed by atoms with E-state index in [0.717, 1.165) is 5.56 Å². The highest BCUT2D eigenvalue weighted by Crippen LogP contribution is 2.35. The molecule has 1 saturated heterocycles. The van der Waals surface area contributed by atoms with Crippen molar-refractivity contribution in [3.8, 4) is 5.75 Å². The Bertz CT molecular complexity index is 743. The van der Waals surface area contributed by atoms with Crippen LogP contribution in [-0.4, -0.2) is 62.1 Å². The third-order valence-corrected chi connectivity index (χ3v) is 5.40. The predicted octanol–water partition coefficient (Wildman–Crippen LogP) is 0.250. The molecule has 1 fully saturated rings. The van der Waals surface area contributed by atoms with Gasteiger partial charge in [0.1, 0.15) is 12.4 Å². The van der Waals surface area contributed by atoms with Crippen molar-refractivity contribution in [3.05, 3.63) is 29.8 Å². The average Bonchev–Trinajstić information content (AvgIpc) is 2.95. The molecule has 1 aliphatic heterocycles. The zero-order chi connectivity index (χ0) is 20.1. The first-order valence-electron chi connectivity index (χ1n) is 8.33. The van der Waals surface area contributed by atoms with Crippen LogP contribution in [0.15, 0.2) is 24.3 Å². The molecular formula is C16H25N3O6S2. The minimum absolute atomic E-state index is 0.0500. The Morgan fingerprint density at radius 2 is 2.11 bits per heavy atom. The number of aliphatic hydroxyl groups is 1. The lowest BCUT2D eigenvalue weighted by atomic mass is 9.92. The number of benzene rings is 1. The van der Waals surface area contributed by atoms with Gasteiger partial charge in [-0.2, -0.15) is 21.0 Å². The zero-order valence-electron chi connectivity index (χ0n) is 15.0. The van der Waals surface area contributed by atoms with E-state index < -0.39 is 21.8 Å². The molecule has 0 unspecified atom stereocenters. The number of carbonyl (C=O) groups is 1. The summed E-state index contributed by atoms with van der Waals surface area (Å²) < 4.78 is 35.3. The van der Waals surface area contributed by atoms with Gasteiger partial charge >= 0.3 is 6.09 Å². The van der Waals surface area contributed by atoms with E-state index in [1.807, 2.05) is 0 Å². The van der Waals surface area contributed by atoms with Gasteiger partial charge in [-0.25, -0.2) is 14.7 Å². The van der Waals surface area contributed by atoms with E-state index in [4.69, 9.17) is 14.6 Å². The second-order valence-electron chi connectivity index (χ2n) is 6.44. The lowest BCUT2D eigenvalue weighted by Crippen LogP contribution is -2.55. The summed E-state index contributed by atoms with van der Waals surface area (Å²) in [6, 6.07) is 7.08. The highest BCUT2D eigenvalue weighted by molar-refractivity contribution is 7.87. The van der Waals surface area contributed by atoms with Crippen LogP contribution in [0, 0.1) is 0 Å². The van der Waals surface area contributed by atoms with E-state index in [-0.39, 0.29) is 38.0 Å². The molecule has 1 amide bonds. The average molecular weight is 420 g/mol. The van der Waals surface area contributed by atoms with Crippen LogP contribution in [0.3, 0.4) is 0 Å². The summed E-state index contributed by atoms with van der Waals surface area (Å²) in [6.45, 7) is -0.0264. The molecule has 9 nitrogen and oxygen atoms in total. The summed E-state index contributed by atoms with van der Waals surface area (Å²) >= 11 is 4.42. The first-order valence-corrected chi connectivity index (χ1v) is 10.4. The molecule has 0 bridgehead atoms. The molecule has 0 saturated carbocycles. The molecule has 11 heteroatoms. The van der Waals surface area contributed by atoms with E-state index >= 15 is 0 Å². The maximum Gasteiger partial charge on any atom is 0.410 e. The first kappa shape index (κ1) is 21.8. The SMILES string of the molecule is COc1ccc(COC(=O)N2C[C@@H](S)C[C@@]2(CCO)CNS(N)(=O)=O)cc1. The largest absolute Gasteiger partial charge is 0.497 e. The molecule has 2 rings (SSSR count). The van der Waals surface area contributed by atoms with Crippen molar-refractivity contribution in [2.24, 2.45) is 5.14 Å². The van der Waals surface area contributed by atoms with Crippen molar-refractivity contribution in [1.29, 1.82) is 0 Å². The first-order chi connectivity index (χ1) is 12.7. The number of ether oxygens (including phenoxy) is 2. The second kappa shape index (κ2) is 9.11. The normalized spacial score (nSPS) is 22.7. The van der Waals surface area contributed by atoms with Crippen LogP contribution >= 0.6 is 12.6 Å². The van der Waals surface area contributed by atoms with Crippen molar-refractivity contribution in [1.82, 2.24) is 9.62 Å². The summed E-state index contributed by atoms with van der Waals surface area (Å²) in [5, 5.41) is 14.3. The number of nitrogens with zero attached hydrogens (tertiary/aromatic N) is 1. The maximum atomic E-state index is 12.7.